The minimum atomic E-state index is -4.76. The van der Waals surface area contributed by atoms with Gasteiger partial charge in [0.25, 0.3) is 0 Å². The Bertz CT molecular complexity index is 775. The van der Waals surface area contributed by atoms with Gasteiger partial charge in [0.05, 0.1) is 23.3 Å². The van der Waals surface area contributed by atoms with E-state index in [1.165, 1.54) is 0 Å². The van der Waals surface area contributed by atoms with Crippen molar-refractivity contribution in [3.63, 3.8) is 0 Å². The summed E-state index contributed by atoms with van der Waals surface area (Å²) in [5, 5.41) is -0.328. The van der Waals surface area contributed by atoms with E-state index in [2.05, 4.69) is 4.74 Å². The number of halogens is 5. The van der Waals surface area contributed by atoms with E-state index in [1.54, 1.807) is 0 Å². The van der Waals surface area contributed by atoms with Crippen molar-refractivity contribution in [1.29, 1.82) is 0 Å². The van der Waals surface area contributed by atoms with Crippen LogP contribution >= 0.6 is 11.6 Å². The van der Waals surface area contributed by atoms with E-state index in [1.807, 2.05) is 0 Å². The molecule has 0 aromatic heterocycles. The highest BCUT2D eigenvalue weighted by molar-refractivity contribution is 6.31. The lowest BCUT2D eigenvalue weighted by Crippen LogP contribution is -2.13. The third kappa shape index (κ3) is 3.39. The van der Waals surface area contributed by atoms with Gasteiger partial charge in [0.1, 0.15) is 5.82 Å². The Morgan fingerprint density at radius 1 is 1.22 bits per heavy atom. The standard InChI is InChI=1S/C15H10ClF4NO2/c1-23-14(22)9-5-10(15(18,19)20)8(6-13(9)21)7-2-3-12(17)11(16)4-7/h2-6H,21H2,1H3. The zero-order chi connectivity index (χ0) is 17.4. The zero-order valence-electron chi connectivity index (χ0n) is 11.7. The summed E-state index contributed by atoms with van der Waals surface area (Å²) in [5.41, 5.74) is 3.64. The maximum atomic E-state index is 13.3. The molecule has 2 N–H and O–H groups in total. The van der Waals surface area contributed by atoms with E-state index < -0.39 is 29.1 Å². The van der Waals surface area contributed by atoms with Crippen molar-refractivity contribution in [2.75, 3.05) is 12.8 Å². The number of nitrogens with two attached hydrogens (primary N) is 1. The van der Waals surface area contributed by atoms with Gasteiger partial charge in [-0.15, -0.1) is 0 Å². The van der Waals surface area contributed by atoms with Crippen LogP contribution in [0.5, 0.6) is 0 Å². The number of hydrogen-bond acceptors (Lipinski definition) is 3. The van der Waals surface area contributed by atoms with Crippen LogP contribution in [0.3, 0.4) is 0 Å². The van der Waals surface area contributed by atoms with Gasteiger partial charge in [-0.1, -0.05) is 17.7 Å². The van der Waals surface area contributed by atoms with Crippen LogP contribution in [0.25, 0.3) is 11.1 Å². The second-order valence-electron chi connectivity index (χ2n) is 4.60. The third-order valence-corrected chi connectivity index (χ3v) is 3.42. The molecule has 0 spiro atoms. The molecule has 0 atom stereocenters. The summed E-state index contributed by atoms with van der Waals surface area (Å²) < 4.78 is 57.5. The maximum Gasteiger partial charge on any atom is 0.417 e. The van der Waals surface area contributed by atoms with Crippen molar-refractivity contribution in [2.45, 2.75) is 6.18 Å². The molecule has 3 nitrogen and oxygen atoms in total. The predicted octanol–water partition coefficient (Wildman–Crippen LogP) is 4.53. The fourth-order valence-corrected chi connectivity index (χ4v) is 2.22. The number of rotatable bonds is 2. The molecular weight excluding hydrogens is 338 g/mol. The van der Waals surface area contributed by atoms with E-state index in [0.717, 1.165) is 31.4 Å². The second kappa shape index (κ2) is 6.08. The summed E-state index contributed by atoms with van der Waals surface area (Å²) in [4.78, 5) is 11.5. The van der Waals surface area contributed by atoms with Gasteiger partial charge in [-0.05, 0) is 35.4 Å². The van der Waals surface area contributed by atoms with E-state index in [4.69, 9.17) is 17.3 Å². The molecule has 23 heavy (non-hydrogen) atoms. The van der Waals surface area contributed by atoms with Crippen molar-refractivity contribution in [2.24, 2.45) is 0 Å². The molecule has 0 unspecified atom stereocenters. The molecule has 2 aromatic rings. The van der Waals surface area contributed by atoms with Crippen LogP contribution in [0, 0.1) is 5.82 Å². The maximum absolute atomic E-state index is 13.3. The monoisotopic (exact) mass is 347 g/mol. The first kappa shape index (κ1) is 17.1. The van der Waals surface area contributed by atoms with Crippen LogP contribution in [-0.4, -0.2) is 13.1 Å². The fourth-order valence-electron chi connectivity index (χ4n) is 2.04. The van der Waals surface area contributed by atoms with Gasteiger partial charge in [0.2, 0.25) is 0 Å². The molecule has 0 radical (unpaired) electrons. The Labute approximate surface area is 133 Å². The fraction of sp³-hybridized carbons (Fsp3) is 0.133. The largest absolute Gasteiger partial charge is 0.465 e. The Hall–Kier alpha value is -2.28. The molecule has 0 aliphatic heterocycles. The Kier molecular flexibility index (Phi) is 4.51. The van der Waals surface area contributed by atoms with Crippen molar-refractivity contribution in [3.05, 3.63) is 52.3 Å². The molecule has 8 heteroatoms. The van der Waals surface area contributed by atoms with Gasteiger partial charge in [-0.2, -0.15) is 13.2 Å². The first-order valence-corrected chi connectivity index (χ1v) is 6.57. The summed E-state index contributed by atoms with van der Waals surface area (Å²) in [6, 6.07) is 4.73. The van der Waals surface area contributed by atoms with Gasteiger partial charge in [-0.25, -0.2) is 9.18 Å². The smallest absolute Gasteiger partial charge is 0.417 e. The van der Waals surface area contributed by atoms with Crippen LogP contribution in [0.1, 0.15) is 15.9 Å². The highest BCUT2D eigenvalue weighted by Gasteiger charge is 2.35. The SMILES string of the molecule is COC(=O)c1cc(C(F)(F)F)c(-c2ccc(F)c(Cl)c2)cc1N. The molecule has 0 saturated heterocycles. The molecule has 0 amide bonds. The van der Waals surface area contributed by atoms with Crippen LogP contribution in [0.2, 0.25) is 5.02 Å². The number of ether oxygens (including phenoxy) is 1. The van der Waals surface area contributed by atoms with Crippen LogP contribution < -0.4 is 5.73 Å². The third-order valence-electron chi connectivity index (χ3n) is 3.13. The summed E-state index contributed by atoms with van der Waals surface area (Å²) in [5.74, 6) is -1.75. The summed E-state index contributed by atoms with van der Waals surface area (Å²) in [7, 11) is 1.03. The Morgan fingerprint density at radius 3 is 2.39 bits per heavy atom. The van der Waals surface area contributed by atoms with Gasteiger partial charge in [0, 0.05) is 5.69 Å². The number of nitrogen functional groups attached to an aromatic ring is 1. The Balaban J connectivity index is 2.74. The number of hydrogen-bond donors (Lipinski definition) is 1. The second-order valence-corrected chi connectivity index (χ2v) is 5.01. The lowest BCUT2D eigenvalue weighted by molar-refractivity contribution is -0.137. The summed E-state index contributed by atoms with van der Waals surface area (Å²) >= 11 is 5.61. The first-order valence-electron chi connectivity index (χ1n) is 6.19. The predicted molar refractivity (Wildman–Crippen MR) is 77.6 cm³/mol. The van der Waals surface area contributed by atoms with Crippen molar-refractivity contribution < 1.29 is 27.1 Å². The number of benzene rings is 2. The van der Waals surface area contributed by atoms with Crippen LogP contribution in [0.4, 0.5) is 23.2 Å². The number of esters is 1. The number of alkyl halides is 3. The number of anilines is 1. The van der Waals surface area contributed by atoms with Gasteiger partial charge >= 0.3 is 12.1 Å². The molecule has 0 aliphatic carbocycles. The first-order chi connectivity index (χ1) is 10.6. The van der Waals surface area contributed by atoms with E-state index >= 15 is 0 Å². The molecule has 122 valence electrons. The summed E-state index contributed by atoms with van der Waals surface area (Å²) in [6.07, 6.45) is -4.76. The molecule has 2 rings (SSSR count). The van der Waals surface area contributed by atoms with Crippen molar-refractivity contribution in [1.82, 2.24) is 0 Å². The Morgan fingerprint density at radius 2 is 1.87 bits per heavy atom. The lowest BCUT2D eigenvalue weighted by atomic mass is 9.95. The average molecular weight is 348 g/mol. The molecule has 0 heterocycles. The molecule has 0 aliphatic rings. The topological polar surface area (TPSA) is 52.3 Å². The molecule has 0 saturated carbocycles. The number of carbonyl (C=O) groups excluding carboxylic acids is 1. The molecule has 0 bridgehead atoms. The summed E-state index contributed by atoms with van der Waals surface area (Å²) in [6.45, 7) is 0. The highest BCUT2D eigenvalue weighted by Crippen LogP contribution is 2.40. The van der Waals surface area contributed by atoms with Gasteiger partial charge < -0.3 is 10.5 Å². The molecule has 0 fully saturated rings. The normalized spacial score (nSPS) is 11.4. The van der Waals surface area contributed by atoms with E-state index in [9.17, 15) is 22.4 Å². The zero-order valence-corrected chi connectivity index (χ0v) is 12.4. The van der Waals surface area contributed by atoms with E-state index in [-0.39, 0.29) is 21.8 Å². The minimum absolute atomic E-state index is 0.0202. The number of methoxy groups -OCH3 is 1. The highest BCUT2D eigenvalue weighted by atomic mass is 35.5. The van der Waals surface area contributed by atoms with Gasteiger partial charge in [-0.3, -0.25) is 0 Å². The molecular formula is C15H10ClF4NO2. The lowest BCUT2D eigenvalue weighted by Gasteiger charge is -2.16. The van der Waals surface area contributed by atoms with Gasteiger partial charge in [0.15, 0.2) is 0 Å². The minimum Gasteiger partial charge on any atom is -0.465 e. The van der Waals surface area contributed by atoms with Crippen LogP contribution in [-0.2, 0) is 10.9 Å². The quantitative estimate of drug-likeness (QED) is 0.493. The molecule has 2 aromatic carbocycles. The number of carbonyl (C=O) groups is 1. The van der Waals surface area contributed by atoms with E-state index in [0.29, 0.717) is 6.07 Å². The van der Waals surface area contributed by atoms with Crippen LogP contribution in [0.15, 0.2) is 30.3 Å². The van der Waals surface area contributed by atoms with Crippen molar-refractivity contribution in [3.8, 4) is 11.1 Å². The van der Waals surface area contributed by atoms with Crippen molar-refractivity contribution >= 4 is 23.3 Å². The average Bonchev–Trinajstić information content (AvgIpc) is 2.47.